The number of amides is 1. The number of hydrogen-bond acceptors (Lipinski definition) is 6. The molecule has 32 heavy (non-hydrogen) atoms. The van der Waals surface area contributed by atoms with E-state index in [0.717, 1.165) is 17.8 Å². The molecule has 1 amide bonds. The fourth-order valence-electron chi connectivity index (χ4n) is 3.08. The number of rotatable bonds is 7. The fraction of sp³-hybridized carbons (Fsp3) is 0.182. The highest BCUT2D eigenvalue weighted by atomic mass is 32.2. The summed E-state index contributed by atoms with van der Waals surface area (Å²) >= 11 is 1.13. The van der Waals surface area contributed by atoms with Gasteiger partial charge in [0.1, 0.15) is 17.4 Å². The summed E-state index contributed by atoms with van der Waals surface area (Å²) in [4.78, 5) is 12.8. The Hall–Kier alpha value is -3.53. The molecule has 1 N–H and O–H groups in total. The molecule has 0 aliphatic carbocycles. The van der Waals surface area contributed by atoms with Crippen molar-refractivity contribution >= 4 is 23.5 Å². The van der Waals surface area contributed by atoms with Gasteiger partial charge in [0.25, 0.3) is 0 Å². The lowest BCUT2D eigenvalue weighted by Gasteiger charge is -2.15. The van der Waals surface area contributed by atoms with Crippen LogP contribution in [0, 0.1) is 18.6 Å². The van der Waals surface area contributed by atoms with Crippen molar-refractivity contribution in [1.82, 2.24) is 19.9 Å². The van der Waals surface area contributed by atoms with Crippen LogP contribution >= 0.6 is 11.8 Å². The zero-order valence-electron chi connectivity index (χ0n) is 17.3. The van der Waals surface area contributed by atoms with Gasteiger partial charge in [-0.25, -0.2) is 8.78 Å². The molecule has 2 aromatic carbocycles. The Labute approximate surface area is 186 Å². The number of aromatic nitrogens is 4. The minimum atomic E-state index is -0.764. The molecule has 7 nitrogen and oxygen atoms in total. The van der Waals surface area contributed by atoms with E-state index in [1.165, 1.54) is 16.7 Å². The van der Waals surface area contributed by atoms with Gasteiger partial charge in [-0.3, -0.25) is 9.36 Å². The fourth-order valence-corrected chi connectivity index (χ4v) is 4.05. The van der Waals surface area contributed by atoms with Crippen molar-refractivity contribution in [3.05, 3.63) is 72.0 Å². The van der Waals surface area contributed by atoms with Gasteiger partial charge >= 0.3 is 0 Å². The molecule has 0 bridgehead atoms. The average molecular weight is 455 g/mol. The summed E-state index contributed by atoms with van der Waals surface area (Å²) in [5.41, 5.74) is 0.784. The van der Waals surface area contributed by atoms with E-state index >= 15 is 0 Å². The molecule has 2 heterocycles. The maximum absolute atomic E-state index is 14.7. The number of aryl methyl sites for hydroxylation is 1. The minimum absolute atomic E-state index is 0.0835. The molecule has 2 aromatic heterocycles. The SMILES string of the molecule is CCC(Sc1nnc(-c2ccccc2)n1-c1ccc(F)cc1F)C(=O)Nc1cc(C)on1. The Kier molecular flexibility index (Phi) is 6.31. The van der Waals surface area contributed by atoms with Crippen molar-refractivity contribution in [1.29, 1.82) is 0 Å². The zero-order chi connectivity index (χ0) is 22.7. The van der Waals surface area contributed by atoms with Gasteiger partial charge in [0.2, 0.25) is 5.91 Å². The molecule has 0 aliphatic heterocycles. The van der Waals surface area contributed by atoms with Gasteiger partial charge in [0, 0.05) is 17.7 Å². The van der Waals surface area contributed by atoms with Gasteiger partial charge in [-0.15, -0.1) is 10.2 Å². The maximum atomic E-state index is 14.7. The Balaban J connectivity index is 1.71. The van der Waals surface area contributed by atoms with Crippen LogP contribution in [0.15, 0.2) is 64.3 Å². The third-order valence-corrected chi connectivity index (χ3v) is 5.91. The summed E-state index contributed by atoms with van der Waals surface area (Å²) in [6.07, 6.45) is 0.465. The smallest absolute Gasteiger partial charge is 0.239 e. The molecule has 4 rings (SSSR count). The molecule has 4 aromatic rings. The van der Waals surface area contributed by atoms with Crippen LogP contribution in [0.4, 0.5) is 14.6 Å². The van der Waals surface area contributed by atoms with Crippen LogP contribution in [-0.2, 0) is 4.79 Å². The number of carbonyl (C=O) groups excluding carboxylic acids is 1. The lowest BCUT2D eigenvalue weighted by molar-refractivity contribution is -0.115. The largest absolute Gasteiger partial charge is 0.360 e. The Morgan fingerprint density at radius 2 is 1.94 bits per heavy atom. The van der Waals surface area contributed by atoms with E-state index in [9.17, 15) is 13.6 Å². The number of thioether (sulfide) groups is 1. The first-order chi connectivity index (χ1) is 15.5. The predicted octanol–water partition coefficient (Wildman–Crippen LogP) is 5.02. The number of hydrogen-bond donors (Lipinski definition) is 1. The molecule has 0 fully saturated rings. The third kappa shape index (κ3) is 4.54. The Morgan fingerprint density at radius 1 is 1.16 bits per heavy atom. The van der Waals surface area contributed by atoms with E-state index < -0.39 is 16.9 Å². The van der Waals surface area contributed by atoms with E-state index in [1.807, 2.05) is 37.3 Å². The number of anilines is 1. The summed E-state index contributed by atoms with van der Waals surface area (Å²) < 4.78 is 34.7. The highest BCUT2D eigenvalue weighted by Crippen LogP contribution is 2.32. The lowest BCUT2D eigenvalue weighted by atomic mass is 10.2. The molecule has 164 valence electrons. The van der Waals surface area contributed by atoms with Gasteiger partial charge in [0.15, 0.2) is 16.8 Å². The number of carbonyl (C=O) groups is 1. The first-order valence-corrected chi connectivity index (χ1v) is 10.7. The topological polar surface area (TPSA) is 85.8 Å². The van der Waals surface area contributed by atoms with Crippen LogP contribution in [0.2, 0.25) is 0 Å². The Bertz CT molecular complexity index is 1240. The molecule has 10 heteroatoms. The summed E-state index contributed by atoms with van der Waals surface area (Å²) in [6, 6.07) is 14.0. The molecule has 1 atom stereocenters. The first kappa shape index (κ1) is 21.7. The monoisotopic (exact) mass is 455 g/mol. The molecule has 1 unspecified atom stereocenters. The number of halogens is 2. The van der Waals surface area contributed by atoms with E-state index in [1.54, 1.807) is 13.0 Å². The number of nitrogens with one attached hydrogen (secondary N) is 1. The van der Waals surface area contributed by atoms with Crippen LogP contribution in [-0.4, -0.2) is 31.1 Å². The number of nitrogens with zero attached hydrogens (tertiary/aromatic N) is 4. The number of benzene rings is 2. The van der Waals surface area contributed by atoms with E-state index in [2.05, 4.69) is 20.7 Å². The molecular weight excluding hydrogens is 436 g/mol. The minimum Gasteiger partial charge on any atom is -0.360 e. The highest BCUT2D eigenvalue weighted by molar-refractivity contribution is 8.00. The van der Waals surface area contributed by atoms with Gasteiger partial charge in [0.05, 0.1) is 10.9 Å². The second-order valence-corrected chi connectivity index (χ2v) is 8.10. The van der Waals surface area contributed by atoms with Crippen LogP contribution in [0.25, 0.3) is 17.1 Å². The summed E-state index contributed by atoms with van der Waals surface area (Å²) in [6.45, 7) is 3.57. The summed E-state index contributed by atoms with van der Waals surface area (Å²) in [5.74, 6) is -0.507. The molecule has 0 spiro atoms. The quantitative estimate of drug-likeness (QED) is 0.394. The van der Waals surface area contributed by atoms with Gasteiger partial charge < -0.3 is 9.84 Å². The van der Waals surface area contributed by atoms with Crippen molar-refractivity contribution in [3.63, 3.8) is 0 Å². The predicted molar refractivity (Wildman–Crippen MR) is 117 cm³/mol. The van der Waals surface area contributed by atoms with Crippen LogP contribution in [0.5, 0.6) is 0 Å². The third-order valence-electron chi connectivity index (χ3n) is 4.61. The second kappa shape index (κ2) is 9.31. The van der Waals surface area contributed by atoms with Crippen molar-refractivity contribution in [3.8, 4) is 17.1 Å². The Morgan fingerprint density at radius 3 is 2.59 bits per heavy atom. The van der Waals surface area contributed by atoms with Crippen molar-refractivity contribution in [2.24, 2.45) is 0 Å². The first-order valence-electron chi connectivity index (χ1n) is 9.83. The molecule has 0 saturated carbocycles. The van der Waals surface area contributed by atoms with E-state index in [0.29, 0.717) is 34.5 Å². The van der Waals surface area contributed by atoms with Crippen LogP contribution in [0.1, 0.15) is 19.1 Å². The summed E-state index contributed by atoms with van der Waals surface area (Å²) in [5, 5.41) is 14.7. The molecule has 0 saturated heterocycles. The van der Waals surface area contributed by atoms with Gasteiger partial charge in [-0.2, -0.15) is 0 Å². The van der Waals surface area contributed by atoms with Crippen molar-refractivity contribution in [2.75, 3.05) is 5.32 Å². The molecule has 0 radical (unpaired) electrons. The van der Waals surface area contributed by atoms with Crippen LogP contribution < -0.4 is 5.32 Å². The van der Waals surface area contributed by atoms with Gasteiger partial charge in [-0.05, 0) is 25.5 Å². The van der Waals surface area contributed by atoms with Gasteiger partial charge in [-0.1, -0.05) is 54.2 Å². The van der Waals surface area contributed by atoms with Crippen LogP contribution in [0.3, 0.4) is 0 Å². The average Bonchev–Trinajstić information content (AvgIpc) is 3.38. The van der Waals surface area contributed by atoms with Crippen molar-refractivity contribution < 1.29 is 18.1 Å². The second-order valence-electron chi connectivity index (χ2n) is 6.93. The van der Waals surface area contributed by atoms with Crippen molar-refractivity contribution in [2.45, 2.75) is 30.7 Å². The summed E-state index contributed by atoms with van der Waals surface area (Å²) in [7, 11) is 0. The maximum Gasteiger partial charge on any atom is 0.239 e. The zero-order valence-corrected chi connectivity index (χ0v) is 18.1. The van der Waals surface area contributed by atoms with E-state index in [-0.39, 0.29) is 11.6 Å². The lowest BCUT2D eigenvalue weighted by Crippen LogP contribution is -2.25. The van der Waals surface area contributed by atoms with E-state index in [4.69, 9.17) is 4.52 Å². The molecule has 0 aliphatic rings. The molecular formula is C22H19F2N5O2S. The highest BCUT2D eigenvalue weighted by Gasteiger charge is 2.25. The standard InChI is InChI=1S/C22H19F2N5O2S/c1-3-18(21(30)25-19-11-13(2)31-28-19)32-22-27-26-20(14-7-5-4-6-8-14)29(22)17-10-9-15(23)12-16(17)24/h4-12,18H,3H2,1-2H3,(H,25,28,30). The normalized spacial score (nSPS) is 12.0.